The maximum atomic E-state index is 12.5. The van der Waals surface area contributed by atoms with Gasteiger partial charge in [0.1, 0.15) is 0 Å². The highest BCUT2D eigenvalue weighted by molar-refractivity contribution is 7.10. The van der Waals surface area contributed by atoms with Crippen LogP contribution in [0.15, 0.2) is 17.5 Å². The van der Waals surface area contributed by atoms with Crippen LogP contribution < -0.4 is 0 Å². The summed E-state index contributed by atoms with van der Waals surface area (Å²) in [6.45, 7) is 9.04. The first-order valence-corrected chi connectivity index (χ1v) is 10.4. The number of likely N-dealkylation sites (tertiary alicyclic amines) is 1. The largest absolute Gasteiger partial charge is 0.490 e. The number of hydrogen-bond donors (Lipinski definition) is 1. The number of hydrogen-bond acceptors (Lipinski definition) is 5. The van der Waals surface area contributed by atoms with E-state index in [2.05, 4.69) is 18.7 Å². The number of piperidine rings is 1. The molecule has 0 bridgehead atoms. The third kappa shape index (κ3) is 7.27. The van der Waals surface area contributed by atoms with Gasteiger partial charge in [-0.3, -0.25) is 9.69 Å². The Balaban J connectivity index is 0.000000370. The van der Waals surface area contributed by atoms with Crippen LogP contribution in [0, 0.1) is 5.92 Å². The summed E-state index contributed by atoms with van der Waals surface area (Å²) in [5.41, 5.74) is 0. The van der Waals surface area contributed by atoms with Crippen molar-refractivity contribution in [2.75, 3.05) is 32.8 Å². The number of thiophene rings is 1. The molecule has 0 spiro atoms. The molecule has 0 saturated carbocycles. The van der Waals surface area contributed by atoms with Crippen LogP contribution in [0.2, 0.25) is 0 Å². The van der Waals surface area contributed by atoms with Crippen LogP contribution >= 0.6 is 11.3 Å². The molecule has 1 aromatic rings. The predicted octanol–water partition coefficient (Wildman–Crippen LogP) is 2.88. The molecule has 3 rings (SSSR count). The Bertz CT molecular complexity index is 667. The minimum Gasteiger partial charge on any atom is -0.475 e. The van der Waals surface area contributed by atoms with Crippen molar-refractivity contribution < 1.29 is 32.6 Å². The maximum absolute atomic E-state index is 12.5. The maximum Gasteiger partial charge on any atom is 0.490 e. The van der Waals surface area contributed by atoms with Gasteiger partial charge in [-0.2, -0.15) is 13.2 Å². The molecule has 0 aromatic carbocycles. The van der Waals surface area contributed by atoms with Gasteiger partial charge in [0.15, 0.2) is 0 Å². The van der Waals surface area contributed by atoms with Gasteiger partial charge in [0, 0.05) is 43.0 Å². The van der Waals surface area contributed by atoms with Crippen molar-refractivity contribution in [3.63, 3.8) is 0 Å². The minimum absolute atomic E-state index is 0.213. The van der Waals surface area contributed by atoms with E-state index in [1.54, 1.807) is 11.3 Å². The van der Waals surface area contributed by atoms with E-state index in [4.69, 9.17) is 14.6 Å². The number of carboxylic acids is 1. The van der Waals surface area contributed by atoms with Crippen LogP contribution in [0.1, 0.15) is 25.1 Å². The van der Waals surface area contributed by atoms with Gasteiger partial charge in [-0.1, -0.05) is 6.07 Å². The van der Waals surface area contributed by atoms with Crippen LogP contribution in [0.3, 0.4) is 0 Å². The van der Waals surface area contributed by atoms with Crippen molar-refractivity contribution in [2.45, 2.75) is 45.0 Å². The molecule has 1 amide bonds. The van der Waals surface area contributed by atoms with Crippen molar-refractivity contribution in [3.8, 4) is 0 Å². The fourth-order valence-corrected chi connectivity index (χ4v) is 4.14. The summed E-state index contributed by atoms with van der Waals surface area (Å²) in [4.78, 5) is 27.0. The fraction of sp³-hybridized carbons (Fsp3) is 0.684. The van der Waals surface area contributed by atoms with Crippen LogP contribution in [0.25, 0.3) is 0 Å². The monoisotopic (exact) mass is 436 g/mol. The molecular weight excluding hydrogens is 409 g/mol. The summed E-state index contributed by atoms with van der Waals surface area (Å²) in [5, 5.41) is 9.16. The summed E-state index contributed by atoms with van der Waals surface area (Å²) in [6, 6.07) is 4.62. The molecule has 0 radical (unpaired) electrons. The van der Waals surface area contributed by atoms with Crippen LogP contribution in [-0.2, 0) is 20.7 Å². The van der Waals surface area contributed by atoms with Crippen molar-refractivity contribution >= 4 is 23.2 Å². The summed E-state index contributed by atoms with van der Waals surface area (Å²) < 4.78 is 37.8. The van der Waals surface area contributed by atoms with E-state index in [1.807, 2.05) is 22.4 Å². The van der Waals surface area contributed by atoms with E-state index in [9.17, 15) is 18.0 Å². The van der Waals surface area contributed by atoms with E-state index in [1.165, 1.54) is 0 Å². The molecule has 10 heteroatoms. The Morgan fingerprint density at radius 1 is 1.31 bits per heavy atom. The molecule has 2 atom stereocenters. The minimum atomic E-state index is -5.08. The van der Waals surface area contributed by atoms with E-state index < -0.39 is 12.1 Å². The molecule has 6 nitrogen and oxygen atoms in total. The Kier molecular flexibility index (Phi) is 8.47. The standard InChI is InChI=1S/C17H26N2O2S.C2HF3O2/c1-13(2)18-7-8-21-16-12-19(6-5-14(16)11-18)17(20)10-15-4-3-9-22-15;3-2(4,5)1(6)7/h3-4,9,13-14,16H,5-8,10-12H2,1-2H3;(H,6,7)/t14-,16-;/m1./s1. The summed E-state index contributed by atoms with van der Waals surface area (Å²) >= 11 is 1.66. The molecular formula is C19H27F3N2O4S. The molecule has 0 unspecified atom stereocenters. The topological polar surface area (TPSA) is 70.1 Å². The number of carboxylic acid groups (broad SMARTS) is 1. The fourth-order valence-electron chi connectivity index (χ4n) is 3.45. The number of alkyl halides is 3. The third-order valence-corrected chi connectivity index (χ3v) is 5.98. The first-order chi connectivity index (χ1) is 13.6. The molecule has 164 valence electrons. The van der Waals surface area contributed by atoms with E-state index >= 15 is 0 Å². The first-order valence-electron chi connectivity index (χ1n) is 9.53. The Hall–Kier alpha value is -1.65. The first kappa shape index (κ1) is 23.6. The number of aliphatic carboxylic acids is 1. The number of amides is 1. The summed E-state index contributed by atoms with van der Waals surface area (Å²) in [7, 11) is 0. The molecule has 29 heavy (non-hydrogen) atoms. The van der Waals surface area contributed by atoms with Gasteiger partial charge in [-0.05, 0) is 31.7 Å². The van der Waals surface area contributed by atoms with E-state index in [-0.39, 0.29) is 12.0 Å². The van der Waals surface area contributed by atoms with E-state index in [0.29, 0.717) is 18.4 Å². The van der Waals surface area contributed by atoms with Crippen molar-refractivity contribution in [1.29, 1.82) is 0 Å². The number of fused-ring (bicyclic) bond motifs is 1. The zero-order valence-electron chi connectivity index (χ0n) is 16.5. The highest BCUT2D eigenvalue weighted by atomic mass is 32.1. The number of nitrogens with zero attached hydrogens (tertiary/aromatic N) is 2. The highest BCUT2D eigenvalue weighted by Crippen LogP contribution is 2.25. The lowest BCUT2D eigenvalue weighted by Crippen LogP contribution is -2.49. The third-order valence-electron chi connectivity index (χ3n) is 5.11. The second-order valence-corrected chi connectivity index (χ2v) is 8.48. The number of carbonyl (C=O) groups excluding carboxylic acids is 1. The number of rotatable bonds is 3. The Morgan fingerprint density at radius 3 is 2.55 bits per heavy atom. The Morgan fingerprint density at radius 2 is 2.00 bits per heavy atom. The van der Waals surface area contributed by atoms with Gasteiger partial charge < -0.3 is 14.7 Å². The quantitative estimate of drug-likeness (QED) is 0.789. The zero-order chi connectivity index (χ0) is 21.6. The molecule has 1 aromatic heterocycles. The average Bonchev–Trinajstić information content (AvgIpc) is 3.04. The van der Waals surface area contributed by atoms with Gasteiger partial charge in [0.05, 0.1) is 19.1 Å². The normalized spacial score (nSPS) is 23.0. The lowest BCUT2D eigenvalue weighted by atomic mass is 9.92. The molecule has 1 N–H and O–H groups in total. The van der Waals surface area contributed by atoms with Crippen molar-refractivity contribution in [2.24, 2.45) is 5.92 Å². The average molecular weight is 436 g/mol. The van der Waals surface area contributed by atoms with Gasteiger partial charge in [-0.25, -0.2) is 4.79 Å². The molecule has 2 aliphatic heterocycles. The number of halogens is 3. The van der Waals surface area contributed by atoms with Crippen LogP contribution in [0.4, 0.5) is 13.2 Å². The van der Waals surface area contributed by atoms with Gasteiger partial charge in [0.25, 0.3) is 0 Å². The number of carbonyl (C=O) groups is 2. The smallest absolute Gasteiger partial charge is 0.475 e. The summed E-state index contributed by atoms with van der Waals surface area (Å²) in [6.07, 6.45) is -3.28. The van der Waals surface area contributed by atoms with E-state index in [0.717, 1.165) is 44.1 Å². The lowest BCUT2D eigenvalue weighted by Gasteiger charge is -2.38. The molecule has 2 fully saturated rings. The van der Waals surface area contributed by atoms with Gasteiger partial charge >= 0.3 is 12.1 Å². The van der Waals surface area contributed by atoms with Crippen LogP contribution in [0.5, 0.6) is 0 Å². The lowest BCUT2D eigenvalue weighted by molar-refractivity contribution is -0.192. The number of ether oxygens (including phenoxy) is 1. The van der Waals surface area contributed by atoms with Crippen molar-refractivity contribution in [3.05, 3.63) is 22.4 Å². The summed E-state index contributed by atoms with van der Waals surface area (Å²) in [5.74, 6) is -1.95. The molecule has 2 saturated heterocycles. The molecule has 0 aliphatic carbocycles. The second-order valence-electron chi connectivity index (χ2n) is 7.45. The highest BCUT2D eigenvalue weighted by Gasteiger charge is 2.38. The predicted molar refractivity (Wildman–Crippen MR) is 103 cm³/mol. The second kappa shape index (κ2) is 10.4. The van der Waals surface area contributed by atoms with Gasteiger partial charge in [0.2, 0.25) is 5.91 Å². The van der Waals surface area contributed by atoms with Crippen LogP contribution in [-0.4, -0.2) is 77.9 Å². The molecule has 3 heterocycles. The Labute approximate surface area is 172 Å². The zero-order valence-corrected chi connectivity index (χ0v) is 17.3. The SMILES string of the molecule is CC(C)N1CCO[C@@H]2CN(C(=O)Cc3cccs3)CC[C@@H]2C1.O=C(O)C(F)(F)F. The van der Waals surface area contributed by atoms with Crippen molar-refractivity contribution in [1.82, 2.24) is 9.80 Å². The molecule has 2 aliphatic rings. The van der Waals surface area contributed by atoms with Gasteiger partial charge in [-0.15, -0.1) is 11.3 Å².